The maximum atomic E-state index is 12.4. The molecule has 118 valence electrons. The SMILES string of the molecule is CC(C)(C)C(=O)N1CCC[C@@H](c2nc(-c3ncc[nH]3)no2)C1. The van der Waals surface area contributed by atoms with E-state index in [2.05, 4.69) is 20.1 Å². The van der Waals surface area contributed by atoms with E-state index in [1.807, 2.05) is 25.7 Å². The van der Waals surface area contributed by atoms with E-state index in [0.717, 1.165) is 19.4 Å². The number of nitrogens with zero attached hydrogens (tertiary/aromatic N) is 4. The first-order valence-corrected chi connectivity index (χ1v) is 7.58. The van der Waals surface area contributed by atoms with Crippen LogP contribution in [-0.4, -0.2) is 44.0 Å². The molecule has 7 heteroatoms. The second kappa shape index (κ2) is 5.55. The van der Waals surface area contributed by atoms with Gasteiger partial charge in [0.1, 0.15) is 0 Å². The normalized spacial score (nSPS) is 19.4. The van der Waals surface area contributed by atoms with Crippen molar-refractivity contribution >= 4 is 5.91 Å². The molecular formula is C15H21N5O2. The topological polar surface area (TPSA) is 87.9 Å². The Morgan fingerprint density at radius 2 is 2.27 bits per heavy atom. The van der Waals surface area contributed by atoms with Crippen LogP contribution >= 0.6 is 0 Å². The zero-order chi connectivity index (χ0) is 15.7. The van der Waals surface area contributed by atoms with Crippen molar-refractivity contribution in [3.05, 3.63) is 18.3 Å². The molecule has 3 heterocycles. The van der Waals surface area contributed by atoms with Gasteiger partial charge >= 0.3 is 0 Å². The summed E-state index contributed by atoms with van der Waals surface area (Å²) >= 11 is 0. The van der Waals surface area contributed by atoms with Crippen LogP contribution < -0.4 is 0 Å². The number of amides is 1. The number of rotatable bonds is 2. The molecule has 0 bridgehead atoms. The standard InChI is InChI=1S/C15H21N5O2/c1-15(2,3)14(21)20-8-4-5-10(9-20)13-18-12(19-22-13)11-16-6-7-17-11/h6-7,10H,4-5,8-9H2,1-3H3,(H,16,17)/t10-/m1/s1. The van der Waals surface area contributed by atoms with Crippen LogP contribution in [0.2, 0.25) is 0 Å². The maximum absolute atomic E-state index is 12.4. The zero-order valence-corrected chi connectivity index (χ0v) is 13.2. The quantitative estimate of drug-likeness (QED) is 0.919. The van der Waals surface area contributed by atoms with Gasteiger partial charge in [0, 0.05) is 30.9 Å². The molecule has 1 amide bonds. The van der Waals surface area contributed by atoms with E-state index in [9.17, 15) is 4.79 Å². The number of carbonyl (C=O) groups excluding carboxylic acids is 1. The van der Waals surface area contributed by atoms with Crippen LogP contribution in [0.15, 0.2) is 16.9 Å². The molecule has 7 nitrogen and oxygen atoms in total. The molecule has 2 aromatic heterocycles. The average molecular weight is 303 g/mol. The van der Waals surface area contributed by atoms with Crippen LogP contribution in [0.4, 0.5) is 0 Å². The third-order valence-corrected chi connectivity index (χ3v) is 3.85. The zero-order valence-electron chi connectivity index (χ0n) is 13.2. The number of aromatic amines is 1. The molecule has 1 aliphatic heterocycles. The van der Waals surface area contributed by atoms with Crippen LogP contribution in [0.3, 0.4) is 0 Å². The number of nitrogens with one attached hydrogen (secondary N) is 1. The summed E-state index contributed by atoms with van der Waals surface area (Å²) in [7, 11) is 0. The van der Waals surface area contributed by atoms with E-state index in [-0.39, 0.29) is 17.2 Å². The molecule has 1 fully saturated rings. The molecule has 2 aromatic rings. The van der Waals surface area contributed by atoms with Crippen molar-refractivity contribution in [3.63, 3.8) is 0 Å². The van der Waals surface area contributed by atoms with Gasteiger partial charge in [0.2, 0.25) is 17.6 Å². The first-order valence-electron chi connectivity index (χ1n) is 7.58. The van der Waals surface area contributed by atoms with Gasteiger partial charge in [-0.3, -0.25) is 4.79 Å². The number of likely N-dealkylation sites (tertiary alicyclic amines) is 1. The summed E-state index contributed by atoms with van der Waals surface area (Å²) in [6.45, 7) is 7.27. The van der Waals surface area contributed by atoms with Crippen molar-refractivity contribution in [2.45, 2.75) is 39.5 Å². The van der Waals surface area contributed by atoms with Crippen LogP contribution in [-0.2, 0) is 4.79 Å². The first-order chi connectivity index (χ1) is 10.4. The highest BCUT2D eigenvalue weighted by atomic mass is 16.5. The number of hydrogen-bond acceptors (Lipinski definition) is 5. The van der Waals surface area contributed by atoms with E-state index in [4.69, 9.17) is 4.52 Å². The van der Waals surface area contributed by atoms with E-state index in [1.165, 1.54) is 0 Å². The summed E-state index contributed by atoms with van der Waals surface area (Å²) in [5, 5.41) is 3.97. The van der Waals surface area contributed by atoms with Crippen molar-refractivity contribution in [1.29, 1.82) is 0 Å². The first kappa shape index (κ1) is 14.7. The average Bonchev–Trinajstić information content (AvgIpc) is 3.16. The molecule has 0 aromatic carbocycles. The molecule has 1 aliphatic rings. The number of piperidine rings is 1. The highest BCUT2D eigenvalue weighted by Crippen LogP contribution is 2.29. The second-order valence-corrected chi connectivity index (χ2v) is 6.73. The second-order valence-electron chi connectivity index (χ2n) is 6.73. The van der Waals surface area contributed by atoms with Gasteiger partial charge < -0.3 is 14.4 Å². The predicted molar refractivity (Wildman–Crippen MR) is 79.9 cm³/mol. The summed E-state index contributed by atoms with van der Waals surface area (Å²) in [6, 6.07) is 0. The van der Waals surface area contributed by atoms with Gasteiger partial charge in [-0.15, -0.1) is 0 Å². The largest absolute Gasteiger partial charge is 0.342 e. The third-order valence-electron chi connectivity index (χ3n) is 3.85. The molecule has 1 saturated heterocycles. The number of imidazole rings is 1. The lowest BCUT2D eigenvalue weighted by atomic mass is 9.91. The number of hydrogen-bond donors (Lipinski definition) is 1. The molecule has 1 N–H and O–H groups in total. The maximum Gasteiger partial charge on any atom is 0.238 e. The highest BCUT2D eigenvalue weighted by Gasteiger charge is 2.33. The lowest BCUT2D eigenvalue weighted by molar-refractivity contribution is -0.140. The minimum absolute atomic E-state index is 0.0938. The third kappa shape index (κ3) is 2.88. The Morgan fingerprint density at radius 3 is 2.95 bits per heavy atom. The minimum atomic E-state index is -0.365. The monoisotopic (exact) mass is 303 g/mol. The Labute approximate surface area is 129 Å². The van der Waals surface area contributed by atoms with Crippen molar-refractivity contribution in [2.24, 2.45) is 5.41 Å². The lowest BCUT2D eigenvalue weighted by Crippen LogP contribution is -2.44. The molecule has 0 radical (unpaired) electrons. The number of H-pyrrole nitrogens is 1. The number of carbonyl (C=O) groups is 1. The summed E-state index contributed by atoms with van der Waals surface area (Å²) < 4.78 is 5.38. The molecular weight excluding hydrogens is 282 g/mol. The Morgan fingerprint density at radius 1 is 1.45 bits per heavy atom. The van der Waals surface area contributed by atoms with E-state index in [1.54, 1.807) is 12.4 Å². The fraction of sp³-hybridized carbons (Fsp3) is 0.600. The van der Waals surface area contributed by atoms with Gasteiger partial charge in [-0.25, -0.2) is 4.98 Å². The van der Waals surface area contributed by atoms with Crippen molar-refractivity contribution < 1.29 is 9.32 Å². The van der Waals surface area contributed by atoms with Gasteiger partial charge in [-0.2, -0.15) is 4.98 Å². The predicted octanol–water partition coefficient (Wildman–Crippen LogP) is 2.21. The van der Waals surface area contributed by atoms with E-state index < -0.39 is 0 Å². The molecule has 0 spiro atoms. The Kier molecular flexibility index (Phi) is 3.72. The van der Waals surface area contributed by atoms with Gasteiger partial charge in [0.05, 0.1) is 5.92 Å². The molecule has 1 atom stereocenters. The Bertz CT molecular complexity index is 641. The van der Waals surface area contributed by atoms with Crippen LogP contribution in [0.5, 0.6) is 0 Å². The highest BCUT2D eigenvalue weighted by molar-refractivity contribution is 5.81. The molecule has 3 rings (SSSR count). The van der Waals surface area contributed by atoms with Crippen molar-refractivity contribution in [1.82, 2.24) is 25.0 Å². The van der Waals surface area contributed by atoms with Gasteiger partial charge in [-0.05, 0) is 12.8 Å². The van der Waals surface area contributed by atoms with Crippen molar-refractivity contribution in [2.75, 3.05) is 13.1 Å². The van der Waals surface area contributed by atoms with Gasteiger partial charge in [0.25, 0.3) is 0 Å². The summed E-state index contributed by atoms with van der Waals surface area (Å²) in [6.07, 6.45) is 5.27. The van der Waals surface area contributed by atoms with Crippen LogP contribution in [0.1, 0.15) is 45.4 Å². The van der Waals surface area contributed by atoms with Gasteiger partial charge in [-0.1, -0.05) is 25.9 Å². The lowest BCUT2D eigenvalue weighted by Gasteiger charge is -2.35. The molecule has 0 aliphatic carbocycles. The fourth-order valence-corrected chi connectivity index (χ4v) is 2.72. The molecule has 0 unspecified atom stereocenters. The van der Waals surface area contributed by atoms with Crippen molar-refractivity contribution in [3.8, 4) is 11.6 Å². The Balaban J connectivity index is 1.74. The Hall–Kier alpha value is -2.18. The van der Waals surface area contributed by atoms with E-state index in [0.29, 0.717) is 24.1 Å². The fourth-order valence-electron chi connectivity index (χ4n) is 2.72. The molecule has 0 saturated carbocycles. The van der Waals surface area contributed by atoms with Gasteiger partial charge in [0.15, 0.2) is 5.82 Å². The molecule has 22 heavy (non-hydrogen) atoms. The minimum Gasteiger partial charge on any atom is -0.342 e. The smallest absolute Gasteiger partial charge is 0.238 e. The summed E-state index contributed by atoms with van der Waals surface area (Å²) in [5.74, 6) is 1.89. The van der Waals surface area contributed by atoms with Crippen LogP contribution in [0, 0.1) is 5.41 Å². The summed E-state index contributed by atoms with van der Waals surface area (Å²) in [5.41, 5.74) is -0.365. The van der Waals surface area contributed by atoms with Crippen LogP contribution in [0.25, 0.3) is 11.6 Å². The summed E-state index contributed by atoms with van der Waals surface area (Å²) in [4.78, 5) is 25.8. The number of aromatic nitrogens is 4. The van der Waals surface area contributed by atoms with E-state index >= 15 is 0 Å².